The second kappa shape index (κ2) is 3.30. The summed E-state index contributed by atoms with van der Waals surface area (Å²) in [5, 5.41) is 0. The zero-order valence-corrected chi connectivity index (χ0v) is 6.42. The van der Waals surface area contributed by atoms with Crippen molar-refractivity contribution in [3.63, 3.8) is 0 Å². The van der Waals surface area contributed by atoms with Crippen LogP contribution in [0, 0.1) is 0 Å². The molecule has 0 amide bonds. The molecular formula is C8H11BO. The van der Waals surface area contributed by atoms with Gasteiger partial charge in [-0.1, -0.05) is 24.4 Å². The third kappa shape index (κ3) is 1.53. The van der Waals surface area contributed by atoms with Crippen molar-refractivity contribution < 1.29 is 4.74 Å². The first kappa shape index (κ1) is 7.20. The lowest BCUT2D eigenvalue weighted by Gasteiger charge is -1.98. The lowest BCUT2D eigenvalue weighted by molar-refractivity contribution is 0.415. The molecule has 0 spiro atoms. The van der Waals surface area contributed by atoms with Crippen LogP contribution in [0.5, 0.6) is 5.75 Å². The Hall–Kier alpha value is -0.915. The summed E-state index contributed by atoms with van der Waals surface area (Å²) in [6.07, 6.45) is 0. The van der Waals surface area contributed by atoms with Gasteiger partial charge in [-0.2, -0.15) is 0 Å². The highest BCUT2D eigenvalue weighted by atomic mass is 16.5. The van der Waals surface area contributed by atoms with Crippen LogP contribution < -0.4 is 10.2 Å². The van der Waals surface area contributed by atoms with Crippen molar-refractivity contribution >= 4 is 12.7 Å². The molecule has 0 aliphatic rings. The van der Waals surface area contributed by atoms with E-state index in [0.717, 1.165) is 13.0 Å². The maximum absolute atomic E-state index is 5.01. The number of hydrogen-bond acceptors (Lipinski definition) is 1. The highest BCUT2D eigenvalue weighted by Crippen LogP contribution is 2.04. The number of hydrogen-bond donors (Lipinski definition) is 0. The Bertz CT molecular complexity index is 170. The molecule has 0 saturated heterocycles. The average molecular weight is 134 g/mol. The van der Waals surface area contributed by atoms with E-state index >= 15 is 0 Å². The largest absolute Gasteiger partial charge is 0.497 e. The van der Waals surface area contributed by atoms with Gasteiger partial charge in [0.1, 0.15) is 5.75 Å². The fraction of sp³-hybridized carbons (Fsp3) is 0.250. The van der Waals surface area contributed by atoms with Crippen molar-refractivity contribution in [3.8, 4) is 5.75 Å². The normalized spacial score (nSPS) is 9.00. The number of rotatable bonds is 2. The minimum Gasteiger partial charge on any atom is -0.497 e. The van der Waals surface area contributed by atoms with E-state index in [0.29, 0.717) is 0 Å². The zero-order valence-electron chi connectivity index (χ0n) is 6.42. The molecule has 0 aliphatic carbocycles. The Balaban J connectivity index is 2.80. The molecule has 10 heavy (non-hydrogen) atoms. The Morgan fingerprint density at radius 2 is 1.80 bits per heavy atom. The second-order valence-electron chi connectivity index (χ2n) is 2.20. The van der Waals surface area contributed by atoms with Gasteiger partial charge >= 0.3 is 0 Å². The molecular weight excluding hydrogens is 123 g/mol. The van der Waals surface area contributed by atoms with Crippen molar-refractivity contribution in [2.24, 2.45) is 0 Å². The van der Waals surface area contributed by atoms with Gasteiger partial charge in [-0.15, -0.1) is 0 Å². The lowest BCUT2D eigenvalue weighted by Crippen LogP contribution is -2.08. The SMILES string of the molecule is CBc1ccc(OC)cc1. The Kier molecular flexibility index (Phi) is 2.38. The Labute approximate surface area is 62.3 Å². The summed E-state index contributed by atoms with van der Waals surface area (Å²) in [4.78, 5) is 0. The fourth-order valence-corrected chi connectivity index (χ4v) is 0.861. The van der Waals surface area contributed by atoms with Gasteiger partial charge in [0.25, 0.3) is 0 Å². The predicted octanol–water partition coefficient (Wildman–Crippen LogP) is 0.805. The van der Waals surface area contributed by atoms with E-state index in [1.165, 1.54) is 5.46 Å². The van der Waals surface area contributed by atoms with Gasteiger partial charge in [0.05, 0.1) is 7.11 Å². The molecule has 1 aromatic carbocycles. The molecule has 0 aliphatic heterocycles. The zero-order chi connectivity index (χ0) is 7.40. The van der Waals surface area contributed by atoms with Crippen LogP contribution in [0.15, 0.2) is 24.3 Å². The number of methoxy groups -OCH3 is 1. The summed E-state index contributed by atoms with van der Waals surface area (Å²) in [7, 11) is 2.77. The van der Waals surface area contributed by atoms with Crippen molar-refractivity contribution in [2.45, 2.75) is 6.82 Å². The molecule has 1 aromatic rings. The smallest absolute Gasteiger partial charge is 0.154 e. The minimum absolute atomic E-state index is 0.928. The second-order valence-corrected chi connectivity index (χ2v) is 2.20. The topological polar surface area (TPSA) is 9.23 Å². The Morgan fingerprint density at radius 1 is 1.20 bits per heavy atom. The highest BCUT2D eigenvalue weighted by Gasteiger charge is 1.90. The molecule has 1 nitrogen and oxygen atoms in total. The first-order valence-corrected chi connectivity index (χ1v) is 3.49. The molecule has 0 fully saturated rings. The van der Waals surface area contributed by atoms with Crippen LogP contribution in [-0.2, 0) is 0 Å². The van der Waals surface area contributed by atoms with E-state index in [4.69, 9.17) is 4.74 Å². The van der Waals surface area contributed by atoms with Crippen molar-refractivity contribution in [3.05, 3.63) is 24.3 Å². The average Bonchev–Trinajstić information content (AvgIpc) is 2.05. The van der Waals surface area contributed by atoms with Crippen molar-refractivity contribution in [2.75, 3.05) is 7.11 Å². The van der Waals surface area contributed by atoms with Crippen molar-refractivity contribution in [1.29, 1.82) is 0 Å². The van der Waals surface area contributed by atoms with E-state index in [1.54, 1.807) is 7.11 Å². The third-order valence-corrected chi connectivity index (χ3v) is 1.57. The summed E-state index contributed by atoms with van der Waals surface area (Å²) in [6.45, 7) is 2.14. The van der Waals surface area contributed by atoms with E-state index < -0.39 is 0 Å². The van der Waals surface area contributed by atoms with Crippen LogP contribution in [0.2, 0.25) is 6.82 Å². The summed E-state index contributed by atoms with van der Waals surface area (Å²) in [5.74, 6) is 0.928. The maximum Gasteiger partial charge on any atom is 0.154 e. The van der Waals surface area contributed by atoms with E-state index in [1.807, 2.05) is 12.1 Å². The summed E-state index contributed by atoms with van der Waals surface area (Å²) >= 11 is 0. The van der Waals surface area contributed by atoms with Gasteiger partial charge in [0, 0.05) is 0 Å². The molecule has 0 radical (unpaired) electrons. The summed E-state index contributed by atoms with van der Waals surface area (Å²) in [6, 6.07) is 8.13. The van der Waals surface area contributed by atoms with Gasteiger partial charge in [0.15, 0.2) is 7.28 Å². The molecule has 0 N–H and O–H groups in total. The first-order valence-electron chi connectivity index (χ1n) is 3.49. The minimum atomic E-state index is 0.928. The van der Waals surface area contributed by atoms with Gasteiger partial charge in [-0.05, 0) is 12.1 Å². The Morgan fingerprint density at radius 3 is 2.20 bits per heavy atom. The van der Waals surface area contributed by atoms with Crippen LogP contribution in [-0.4, -0.2) is 14.4 Å². The highest BCUT2D eigenvalue weighted by molar-refractivity contribution is 6.51. The molecule has 0 aromatic heterocycles. The van der Waals surface area contributed by atoms with Crippen molar-refractivity contribution in [1.82, 2.24) is 0 Å². The number of ether oxygens (including phenoxy) is 1. The van der Waals surface area contributed by atoms with Gasteiger partial charge < -0.3 is 4.74 Å². The van der Waals surface area contributed by atoms with Crippen LogP contribution in [0.3, 0.4) is 0 Å². The monoisotopic (exact) mass is 134 g/mol. The van der Waals surface area contributed by atoms with Crippen LogP contribution in [0.4, 0.5) is 0 Å². The number of benzene rings is 1. The van der Waals surface area contributed by atoms with Crippen LogP contribution in [0.25, 0.3) is 0 Å². The van der Waals surface area contributed by atoms with Gasteiger partial charge in [0.2, 0.25) is 0 Å². The molecule has 2 heteroatoms. The molecule has 0 bridgehead atoms. The lowest BCUT2D eigenvalue weighted by atomic mass is 9.73. The molecule has 1 rings (SSSR count). The van der Waals surface area contributed by atoms with E-state index in [2.05, 4.69) is 19.0 Å². The maximum atomic E-state index is 5.01. The molecule has 0 saturated carbocycles. The molecule has 52 valence electrons. The van der Waals surface area contributed by atoms with Crippen LogP contribution in [0.1, 0.15) is 0 Å². The molecule has 0 heterocycles. The summed E-state index contributed by atoms with van der Waals surface area (Å²) in [5.41, 5.74) is 1.35. The van der Waals surface area contributed by atoms with E-state index in [-0.39, 0.29) is 0 Å². The summed E-state index contributed by atoms with van der Waals surface area (Å²) < 4.78 is 5.01. The van der Waals surface area contributed by atoms with E-state index in [9.17, 15) is 0 Å². The fourth-order valence-electron chi connectivity index (χ4n) is 0.861. The standard InChI is InChI=1S/C8H11BO/c1-9-7-3-5-8(10-2)6-4-7/h3-6,9H,1-2H3. The van der Waals surface area contributed by atoms with Gasteiger partial charge in [-0.3, -0.25) is 0 Å². The first-order chi connectivity index (χ1) is 4.86. The molecule has 0 unspecified atom stereocenters. The quantitative estimate of drug-likeness (QED) is 0.543. The molecule has 0 atom stereocenters. The third-order valence-electron chi connectivity index (χ3n) is 1.57. The van der Waals surface area contributed by atoms with Crippen LogP contribution >= 0.6 is 0 Å². The predicted molar refractivity (Wildman–Crippen MR) is 45.6 cm³/mol. The van der Waals surface area contributed by atoms with Gasteiger partial charge in [-0.25, -0.2) is 0 Å².